The fourth-order valence-electron chi connectivity index (χ4n) is 2.40. The van der Waals surface area contributed by atoms with E-state index in [1.807, 2.05) is 7.05 Å². The average Bonchev–Trinajstić information content (AvgIpc) is 2.47. The molecule has 0 aromatic heterocycles. The first-order chi connectivity index (χ1) is 10.7. The highest BCUT2D eigenvalue weighted by Crippen LogP contribution is 2.24. The standard InChI is InChI=1S/C14H19ClFN3O3S/c1-17-5-7-18(8-6-17)14(20)10-19(23(2,21)22)11-3-4-13(16)12(15)9-11/h3-4,9H,5-8,10H2,1-2H3/p+1. The van der Waals surface area contributed by atoms with Gasteiger partial charge in [0.15, 0.2) is 0 Å². The van der Waals surface area contributed by atoms with E-state index in [2.05, 4.69) is 0 Å². The van der Waals surface area contributed by atoms with Gasteiger partial charge in [-0.1, -0.05) is 11.6 Å². The Bertz CT molecular complexity index is 691. The van der Waals surface area contributed by atoms with Crippen LogP contribution in [0.3, 0.4) is 0 Å². The molecule has 6 nitrogen and oxygen atoms in total. The van der Waals surface area contributed by atoms with Crippen LogP contribution in [0.5, 0.6) is 0 Å². The summed E-state index contributed by atoms with van der Waals surface area (Å²) in [7, 11) is -1.65. The van der Waals surface area contributed by atoms with Gasteiger partial charge in [0.2, 0.25) is 15.9 Å². The van der Waals surface area contributed by atoms with E-state index in [1.54, 1.807) is 4.90 Å². The van der Waals surface area contributed by atoms with Gasteiger partial charge in [-0.3, -0.25) is 9.10 Å². The van der Waals surface area contributed by atoms with E-state index >= 15 is 0 Å². The predicted molar refractivity (Wildman–Crippen MR) is 86.8 cm³/mol. The molecule has 128 valence electrons. The van der Waals surface area contributed by atoms with Crippen LogP contribution in [0.2, 0.25) is 5.02 Å². The Hall–Kier alpha value is -1.38. The topological polar surface area (TPSA) is 62.1 Å². The SMILES string of the molecule is C[NH+]1CCN(C(=O)CN(c2ccc(F)c(Cl)c2)S(C)(=O)=O)CC1. The van der Waals surface area contributed by atoms with Crippen LogP contribution in [-0.2, 0) is 14.8 Å². The molecule has 0 aliphatic carbocycles. The molecule has 1 aromatic rings. The van der Waals surface area contributed by atoms with Crippen molar-refractivity contribution >= 4 is 33.2 Å². The number of hydrogen-bond donors (Lipinski definition) is 1. The average molecular weight is 365 g/mol. The maximum absolute atomic E-state index is 13.3. The number of carbonyl (C=O) groups is 1. The first-order valence-electron chi connectivity index (χ1n) is 7.20. The summed E-state index contributed by atoms with van der Waals surface area (Å²) >= 11 is 5.71. The lowest BCUT2D eigenvalue weighted by molar-refractivity contribution is -0.883. The maximum Gasteiger partial charge on any atom is 0.243 e. The van der Waals surface area contributed by atoms with Gasteiger partial charge in [-0.25, -0.2) is 12.8 Å². The Kier molecular flexibility index (Phi) is 5.49. The van der Waals surface area contributed by atoms with Gasteiger partial charge in [-0.15, -0.1) is 0 Å². The van der Waals surface area contributed by atoms with Crippen molar-refractivity contribution in [3.8, 4) is 0 Å². The summed E-state index contributed by atoms with van der Waals surface area (Å²) in [5.41, 5.74) is 0.173. The molecule has 0 spiro atoms. The Morgan fingerprint density at radius 3 is 2.52 bits per heavy atom. The summed E-state index contributed by atoms with van der Waals surface area (Å²) in [6, 6.07) is 3.59. The highest BCUT2D eigenvalue weighted by atomic mass is 35.5. The Balaban J connectivity index is 2.19. The number of benzene rings is 1. The van der Waals surface area contributed by atoms with E-state index in [-0.39, 0.29) is 23.2 Å². The first kappa shape index (κ1) is 18.0. The van der Waals surface area contributed by atoms with Crippen LogP contribution >= 0.6 is 11.6 Å². The summed E-state index contributed by atoms with van der Waals surface area (Å²) in [5, 5.41) is -0.188. The van der Waals surface area contributed by atoms with E-state index in [4.69, 9.17) is 11.6 Å². The third kappa shape index (κ3) is 4.55. The number of nitrogens with zero attached hydrogens (tertiary/aromatic N) is 2. The number of halogens is 2. The second-order valence-electron chi connectivity index (χ2n) is 5.71. The summed E-state index contributed by atoms with van der Waals surface area (Å²) in [6.45, 7) is 2.51. The zero-order valence-electron chi connectivity index (χ0n) is 13.1. The van der Waals surface area contributed by atoms with Crippen LogP contribution in [0, 0.1) is 5.82 Å². The van der Waals surface area contributed by atoms with Crippen LogP contribution in [0.25, 0.3) is 0 Å². The van der Waals surface area contributed by atoms with Gasteiger partial charge in [0, 0.05) is 0 Å². The second-order valence-corrected chi connectivity index (χ2v) is 8.02. The summed E-state index contributed by atoms with van der Waals surface area (Å²) in [5.74, 6) is -0.916. The Morgan fingerprint density at radius 1 is 1.39 bits per heavy atom. The number of hydrogen-bond acceptors (Lipinski definition) is 3. The van der Waals surface area contributed by atoms with Gasteiger partial charge in [0.1, 0.15) is 12.4 Å². The second kappa shape index (κ2) is 7.02. The van der Waals surface area contributed by atoms with E-state index < -0.39 is 15.8 Å². The van der Waals surface area contributed by atoms with Gasteiger partial charge in [0.25, 0.3) is 0 Å². The zero-order chi connectivity index (χ0) is 17.2. The number of rotatable bonds is 4. The molecule has 23 heavy (non-hydrogen) atoms. The minimum atomic E-state index is -3.69. The van der Waals surface area contributed by atoms with Crippen molar-refractivity contribution in [1.82, 2.24) is 4.90 Å². The molecule has 0 unspecified atom stereocenters. The highest BCUT2D eigenvalue weighted by Gasteiger charge is 2.27. The summed E-state index contributed by atoms with van der Waals surface area (Å²) < 4.78 is 38.2. The maximum atomic E-state index is 13.3. The van der Waals surface area contributed by atoms with Gasteiger partial charge in [-0.05, 0) is 18.2 Å². The molecule has 1 aromatic carbocycles. The molecule has 0 saturated carbocycles. The van der Waals surface area contributed by atoms with Crippen molar-refractivity contribution in [3.05, 3.63) is 29.0 Å². The van der Waals surface area contributed by atoms with Crippen LogP contribution < -0.4 is 9.21 Å². The van der Waals surface area contributed by atoms with E-state index in [0.717, 1.165) is 29.7 Å². The molecule has 2 rings (SSSR count). The lowest BCUT2D eigenvalue weighted by atomic mass is 10.3. The number of anilines is 1. The van der Waals surface area contributed by atoms with E-state index in [9.17, 15) is 17.6 Å². The molecule has 1 aliphatic heterocycles. The molecule has 1 amide bonds. The third-order valence-electron chi connectivity index (χ3n) is 3.84. The molecular weight excluding hydrogens is 345 g/mol. The summed E-state index contributed by atoms with van der Waals surface area (Å²) in [4.78, 5) is 15.4. The molecule has 1 N–H and O–H groups in total. The van der Waals surface area contributed by atoms with Crippen molar-refractivity contribution in [2.45, 2.75) is 0 Å². The Morgan fingerprint density at radius 2 is 2.00 bits per heavy atom. The third-order valence-corrected chi connectivity index (χ3v) is 5.27. The quantitative estimate of drug-likeness (QED) is 0.791. The highest BCUT2D eigenvalue weighted by molar-refractivity contribution is 7.92. The Labute approximate surface area is 140 Å². The monoisotopic (exact) mass is 364 g/mol. The molecule has 9 heteroatoms. The zero-order valence-corrected chi connectivity index (χ0v) is 14.6. The van der Waals surface area contributed by atoms with Crippen molar-refractivity contribution in [3.63, 3.8) is 0 Å². The smallest absolute Gasteiger partial charge is 0.243 e. The van der Waals surface area contributed by atoms with Crippen molar-refractivity contribution in [2.75, 3.05) is 50.3 Å². The predicted octanol–water partition coefficient (Wildman–Crippen LogP) is -0.398. The molecule has 1 aliphatic rings. The van der Waals surface area contributed by atoms with Crippen LogP contribution in [0.4, 0.5) is 10.1 Å². The summed E-state index contributed by atoms with van der Waals surface area (Å²) in [6.07, 6.45) is 1.01. The number of nitrogens with one attached hydrogen (secondary N) is 1. The van der Waals surface area contributed by atoms with Crippen molar-refractivity contribution in [2.24, 2.45) is 0 Å². The number of likely N-dealkylation sites (N-methyl/N-ethyl adjacent to an activating group) is 1. The minimum absolute atomic E-state index is 0.173. The lowest BCUT2D eigenvalue weighted by Gasteiger charge is -2.32. The normalized spacial score (nSPS) is 16.4. The molecule has 0 atom stereocenters. The minimum Gasteiger partial charge on any atom is -0.334 e. The van der Waals surface area contributed by atoms with E-state index in [0.29, 0.717) is 13.1 Å². The van der Waals surface area contributed by atoms with Crippen molar-refractivity contribution in [1.29, 1.82) is 0 Å². The van der Waals surface area contributed by atoms with Crippen LogP contribution in [0.1, 0.15) is 0 Å². The number of carbonyl (C=O) groups excluding carboxylic acids is 1. The number of sulfonamides is 1. The van der Waals surface area contributed by atoms with Crippen LogP contribution in [-0.4, -0.2) is 65.3 Å². The van der Waals surface area contributed by atoms with Gasteiger partial charge in [0.05, 0.1) is 50.2 Å². The first-order valence-corrected chi connectivity index (χ1v) is 9.43. The number of quaternary nitrogens is 1. The van der Waals surface area contributed by atoms with Crippen molar-refractivity contribution < 1.29 is 22.5 Å². The molecule has 1 heterocycles. The lowest BCUT2D eigenvalue weighted by Crippen LogP contribution is -3.12. The fraction of sp³-hybridized carbons (Fsp3) is 0.500. The van der Waals surface area contributed by atoms with Crippen LogP contribution in [0.15, 0.2) is 18.2 Å². The number of piperazine rings is 1. The van der Waals surface area contributed by atoms with Gasteiger partial charge < -0.3 is 9.80 Å². The molecule has 1 fully saturated rings. The molecular formula is C14H20ClFN3O3S+. The molecule has 1 saturated heterocycles. The van der Waals surface area contributed by atoms with Gasteiger partial charge >= 0.3 is 0 Å². The largest absolute Gasteiger partial charge is 0.334 e. The fourth-order valence-corrected chi connectivity index (χ4v) is 3.42. The number of amides is 1. The van der Waals surface area contributed by atoms with Gasteiger partial charge in [-0.2, -0.15) is 0 Å². The molecule has 0 radical (unpaired) electrons. The van der Waals surface area contributed by atoms with E-state index in [1.165, 1.54) is 17.0 Å². The molecule has 0 bridgehead atoms.